The fourth-order valence-electron chi connectivity index (χ4n) is 0.284. The van der Waals surface area contributed by atoms with Crippen LogP contribution in [0.5, 0.6) is 0 Å². The number of allylic oxidation sites excluding steroid dienone is 1. The molecule has 0 aromatic heterocycles. The number of nitrogens with two attached hydrogens (primary N) is 1. The topological polar surface area (TPSA) is 62.2 Å². The molecule has 0 amide bonds. The fraction of sp³-hybridized carbons (Fsp3) is 0.200. The predicted molar refractivity (Wildman–Crippen MR) is 35.2 cm³/mol. The molecule has 0 heterocycles. The summed E-state index contributed by atoms with van der Waals surface area (Å²) in [5, 5.41) is 6.52. The van der Waals surface area contributed by atoms with E-state index in [1.54, 1.807) is 13.0 Å². The van der Waals surface area contributed by atoms with E-state index < -0.39 is 0 Å². The summed E-state index contributed by atoms with van der Waals surface area (Å²) < 4.78 is 0. The minimum atomic E-state index is 0.738. The lowest BCUT2D eigenvalue weighted by Gasteiger charge is -1.81. The summed E-state index contributed by atoms with van der Waals surface area (Å²) in [6.45, 7) is 1.77. The molecule has 0 rings (SSSR count). The summed E-state index contributed by atoms with van der Waals surface area (Å²) in [6, 6.07) is 0. The molecule has 0 radical (unpaired) electrons. The quantitative estimate of drug-likeness (QED) is 0.396. The first kappa shape index (κ1) is 6.88. The summed E-state index contributed by atoms with van der Waals surface area (Å²) in [4.78, 5) is 3.61. The van der Waals surface area contributed by atoms with Gasteiger partial charge in [0.05, 0.1) is 0 Å². The molecule has 8 heavy (non-hydrogen) atoms. The van der Waals surface area contributed by atoms with Gasteiger partial charge in [0, 0.05) is 5.71 Å². The second kappa shape index (κ2) is 4.05. The van der Waals surface area contributed by atoms with Gasteiger partial charge in [-0.15, -0.1) is 0 Å². The Morgan fingerprint density at radius 3 is 2.75 bits per heavy atom. The smallest absolute Gasteiger partial charge is 0.107 e. The number of rotatable bonds is 2. The summed E-state index contributed by atoms with van der Waals surface area (Å²) in [5.41, 5.74) is 5.76. The highest BCUT2D eigenvalue weighted by atomic mass is 14.8. The third kappa shape index (κ3) is 3.08. The highest BCUT2D eigenvalue weighted by Gasteiger charge is 1.74. The van der Waals surface area contributed by atoms with Crippen molar-refractivity contribution in [3.8, 4) is 0 Å². The van der Waals surface area contributed by atoms with Crippen LogP contribution < -0.4 is 5.73 Å². The highest BCUT2D eigenvalue weighted by molar-refractivity contribution is 5.96. The maximum absolute atomic E-state index is 6.52. The lowest BCUT2D eigenvalue weighted by molar-refractivity contribution is 1.50. The molecule has 3 N–H and O–H groups in total. The van der Waals surface area contributed by atoms with E-state index in [4.69, 9.17) is 11.1 Å². The minimum Gasteiger partial charge on any atom is -0.405 e. The van der Waals surface area contributed by atoms with Crippen LogP contribution in [0.2, 0.25) is 0 Å². The van der Waals surface area contributed by atoms with Gasteiger partial charge in [0.15, 0.2) is 0 Å². The van der Waals surface area contributed by atoms with Gasteiger partial charge in [-0.1, -0.05) is 0 Å². The van der Waals surface area contributed by atoms with Gasteiger partial charge in [0.1, 0.15) is 6.34 Å². The molecule has 0 fully saturated rings. The van der Waals surface area contributed by atoms with Gasteiger partial charge in [0.2, 0.25) is 0 Å². The van der Waals surface area contributed by atoms with Crippen LogP contribution in [-0.4, -0.2) is 12.1 Å². The normalized spacial score (nSPS) is 12.4. The molecule has 0 aliphatic heterocycles. The van der Waals surface area contributed by atoms with Gasteiger partial charge in [0.25, 0.3) is 0 Å². The van der Waals surface area contributed by atoms with E-state index in [1.807, 2.05) is 0 Å². The van der Waals surface area contributed by atoms with Crippen LogP contribution in [0.3, 0.4) is 0 Å². The summed E-state index contributed by atoms with van der Waals surface area (Å²) in [7, 11) is 0. The van der Waals surface area contributed by atoms with Crippen LogP contribution in [-0.2, 0) is 0 Å². The van der Waals surface area contributed by atoms with Gasteiger partial charge in [-0.25, -0.2) is 4.99 Å². The molecule has 0 aliphatic rings. The molecule has 0 atom stereocenters. The molecular formula is C5H9N3. The van der Waals surface area contributed by atoms with E-state index in [1.165, 1.54) is 6.20 Å². The van der Waals surface area contributed by atoms with Crippen molar-refractivity contribution in [3.63, 3.8) is 0 Å². The maximum Gasteiger partial charge on any atom is 0.107 e. The van der Waals surface area contributed by atoms with E-state index in [2.05, 4.69) is 4.99 Å². The monoisotopic (exact) mass is 111 g/mol. The van der Waals surface area contributed by atoms with E-state index in [-0.39, 0.29) is 0 Å². The number of hydrogen-bond acceptors (Lipinski definition) is 2. The standard InChI is InChI=1S/C5H9N3/c1-5(2-3-6)8-4-7/h2-4,7H,6H2,1H3/b3-2+,7-4?,8-5-. The second-order valence-corrected chi connectivity index (χ2v) is 1.26. The number of aliphatic imine (C=N–C) groups is 1. The van der Waals surface area contributed by atoms with Crippen LogP contribution >= 0.6 is 0 Å². The molecular weight excluding hydrogens is 102 g/mol. The molecule has 44 valence electrons. The van der Waals surface area contributed by atoms with Crippen LogP contribution in [0.4, 0.5) is 0 Å². The Morgan fingerprint density at radius 2 is 2.38 bits per heavy atom. The first-order valence-electron chi connectivity index (χ1n) is 2.23. The zero-order valence-corrected chi connectivity index (χ0v) is 4.76. The van der Waals surface area contributed by atoms with E-state index >= 15 is 0 Å². The molecule has 0 saturated heterocycles. The first-order chi connectivity index (χ1) is 3.81. The highest BCUT2D eigenvalue weighted by Crippen LogP contribution is 1.73. The zero-order valence-electron chi connectivity index (χ0n) is 4.76. The van der Waals surface area contributed by atoms with E-state index in [0.29, 0.717) is 0 Å². The lowest BCUT2D eigenvalue weighted by atomic mass is 10.4. The minimum absolute atomic E-state index is 0.738. The molecule has 3 heteroatoms. The molecule has 0 spiro atoms. The second-order valence-electron chi connectivity index (χ2n) is 1.26. The van der Waals surface area contributed by atoms with Crippen molar-refractivity contribution in [1.82, 2.24) is 0 Å². The van der Waals surface area contributed by atoms with Gasteiger partial charge in [-0.05, 0) is 19.2 Å². The molecule has 0 saturated carbocycles. The van der Waals surface area contributed by atoms with Crippen LogP contribution in [0.1, 0.15) is 6.92 Å². The van der Waals surface area contributed by atoms with Crippen LogP contribution in [0, 0.1) is 5.41 Å². The van der Waals surface area contributed by atoms with Gasteiger partial charge in [-0.3, -0.25) is 5.41 Å². The first-order valence-corrected chi connectivity index (χ1v) is 2.23. The van der Waals surface area contributed by atoms with E-state index in [9.17, 15) is 0 Å². The van der Waals surface area contributed by atoms with Crippen molar-refractivity contribution in [2.45, 2.75) is 6.92 Å². The Bertz CT molecular complexity index is 124. The Labute approximate surface area is 48.4 Å². The van der Waals surface area contributed by atoms with Gasteiger partial charge < -0.3 is 5.73 Å². The Morgan fingerprint density at radius 1 is 1.75 bits per heavy atom. The molecule has 0 aromatic rings. The fourth-order valence-corrected chi connectivity index (χ4v) is 0.284. The third-order valence-electron chi connectivity index (χ3n) is 0.606. The molecule has 3 nitrogen and oxygen atoms in total. The molecule has 0 unspecified atom stereocenters. The van der Waals surface area contributed by atoms with Crippen molar-refractivity contribution in [2.24, 2.45) is 10.7 Å². The number of hydrogen-bond donors (Lipinski definition) is 2. The maximum atomic E-state index is 6.52. The van der Waals surface area contributed by atoms with Crippen molar-refractivity contribution >= 4 is 12.1 Å². The largest absolute Gasteiger partial charge is 0.405 e. The molecule has 0 bridgehead atoms. The summed E-state index contributed by atoms with van der Waals surface area (Å²) in [6.07, 6.45) is 4.00. The number of nitrogens with one attached hydrogen (secondary N) is 1. The van der Waals surface area contributed by atoms with Crippen molar-refractivity contribution in [2.75, 3.05) is 0 Å². The molecule has 0 aliphatic carbocycles. The summed E-state index contributed by atoms with van der Waals surface area (Å²) >= 11 is 0. The zero-order chi connectivity index (χ0) is 6.41. The van der Waals surface area contributed by atoms with Crippen molar-refractivity contribution < 1.29 is 0 Å². The van der Waals surface area contributed by atoms with Crippen LogP contribution in [0.25, 0.3) is 0 Å². The predicted octanol–water partition coefficient (Wildman–Crippen LogP) is 0.527. The van der Waals surface area contributed by atoms with E-state index in [0.717, 1.165) is 12.1 Å². The SMILES string of the molecule is CC(/C=C/N)=N/C=N. The Balaban J connectivity index is 3.79. The third-order valence-corrected chi connectivity index (χ3v) is 0.606. The Kier molecular flexibility index (Phi) is 3.48. The average molecular weight is 111 g/mol. The van der Waals surface area contributed by atoms with Crippen molar-refractivity contribution in [3.05, 3.63) is 12.3 Å². The van der Waals surface area contributed by atoms with Gasteiger partial charge >= 0.3 is 0 Å². The lowest BCUT2D eigenvalue weighted by Crippen LogP contribution is -1.86. The van der Waals surface area contributed by atoms with Crippen molar-refractivity contribution in [1.29, 1.82) is 5.41 Å². The van der Waals surface area contributed by atoms with Gasteiger partial charge in [-0.2, -0.15) is 0 Å². The number of nitrogens with zero attached hydrogens (tertiary/aromatic N) is 1. The van der Waals surface area contributed by atoms with Crippen LogP contribution in [0.15, 0.2) is 17.3 Å². The summed E-state index contributed by atoms with van der Waals surface area (Å²) in [5.74, 6) is 0. The average Bonchev–Trinajstić information content (AvgIpc) is 1.68. The Hall–Kier alpha value is -1.12. The molecule has 0 aromatic carbocycles.